The molecule has 3 nitrogen and oxygen atoms in total. The molecule has 0 saturated heterocycles. The standard InChI is InChI=1S/C12H10ClFN2O/c1-6-7(2)16-12(17)11(15-6)9-4-3-8(14)5-10(9)13/h3-5H,1-2H3,(H,16,17). The zero-order valence-electron chi connectivity index (χ0n) is 9.34. The largest absolute Gasteiger partial charge is 0.323 e. The highest BCUT2D eigenvalue weighted by atomic mass is 35.5. The van der Waals surface area contributed by atoms with Gasteiger partial charge in [-0.15, -0.1) is 0 Å². The van der Waals surface area contributed by atoms with Gasteiger partial charge in [0.15, 0.2) is 0 Å². The number of nitrogens with zero attached hydrogens (tertiary/aromatic N) is 1. The number of nitrogens with one attached hydrogen (secondary N) is 1. The monoisotopic (exact) mass is 252 g/mol. The predicted molar refractivity (Wildman–Crippen MR) is 64.7 cm³/mol. The highest BCUT2D eigenvalue weighted by molar-refractivity contribution is 6.33. The van der Waals surface area contributed by atoms with Crippen molar-refractivity contribution in [2.75, 3.05) is 0 Å². The van der Waals surface area contributed by atoms with Crippen LogP contribution in [-0.4, -0.2) is 9.97 Å². The minimum Gasteiger partial charge on any atom is -0.323 e. The van der Waals surface area contributed by atoms with E-state index < -0.39 is 5.82 Å². The molecule has 2 aromatic rings. The summed E-state index contributed by atoms with van der Waals surface area (Å²) in [5, 5.41) is 0.172. The van der Waals surface area contributed by atoms with Crippen molar-refractivity contribution in [1.82, 2.24) is 9.97 Å². The fourth-order valence-corrected chi connectivity index (χ4v) is 1.74. The van der Waals surface area contributed by atoms with Crippen molar-refractivity contribution in [2.24, 2.45) is 0 Å². The van der Waals surface area contributed by atoms with Crippen molar-refractivity contribution in [2.45, 2.75) is 13.8 Å². The van der Waals surface area contributed by atoms with Crippen LogP contribution in [-0.2, 0) is 0 Å². The summed E-state index contributed by atoms with van der Waals surface area (Å²) in [6.07, 6.45) is 0. The second-order valence-corrected chi connectivity index (χ2v) is 4.16. The molecule has 0 radical (unpaired) electrons. The number of hydrogen-bond acceptors (Lipinski definition) is 2. The summed E-state index contributed by atoms with van der Waals surface area (Å²) in [7, 11) is 0. The van der Waals surface area contributed by atoms with E-state index in [1.807, 2.05) is 0 Å². The van der Waals surface area contributed by atoms with Gasteiger partial charge in [0.2, 0.25) is 0 Å². The van der Waals surface area contributed by atoms with E-state index in [1.54, 1.807) is 13.8 Å². The van der Waals surface area contributed by atoms with E-state index in [-0.39, 0.29) is 16.3 Å². The van der Waals surface area contributed by atoms with E-state index in [4.69, 9.17) is 11.6 Å². The first kappa shape index (κ1) is 11.8. The van der Waals surface area contributed by atoms with Gasteiger partial charge in [0.25, 0.3) is 5.56 Å². The van der Waals surface area contributed by atoms with Gasteiger partial charge in [-0.05, 0) is 32.0 Å². The Morgan fingerprint density at radius 2 is 2.06 bits per heavy atom. The number of aryl methyl sites for hydroxylation is 2. The number of H-pyrrole nitrogens is 1. The van der Waals surface area contributed by atoms with Gasteiger partial charge in [-0.25, -0.2) is 9.37 Å². The van der Waals surface area contributed by atoms with Crippen molar-refractivity contribution >= 4 is 11.6 Å². The lowest BCUT2D eigenvalue weighted by Gasteiger charge is -2.05. The Bertz CT molecular complexity index is 637. The number of aromatic amines is 1. The van der Waals surface area contributed by atoms with E-state index >= 15 is 0 Å². The molecule has 0 aliphatic rings. The Kier molecular flexibility index (Phi) is 2.98. The number of halogens is 2. The maximum Gasteiger partial charge on any atom is 0.274 e. The highest BCUT2D eigenvalue weighted by Gasteiger charge is 2.11. The fraction of sp³-hybridized carbons (Fsp3) is 0.167. The van der Waals surface area contributed by atoms with Crippen LogP contribution in [0.3, 0.4) is 0 Å². The van der Waals surface area contributed by atoms with E-state index in [9.17, 15) is 9.18 Å². The van der Waals surface area contributed by atoms with Gasteiger partial charge in [0, 0.05) is 11.3 Å². The lowest BCUT2D eigenvalue weighted by Crippen LogP contribution is -2.14. The molecule has 2 rings (SSSR count). The third-order valence-electron chi connectivity index (χ3n) is 2.52. The maximum absolute atomic E-state index is 12.9. The van der Waals surface area contributed by atoms with Crippen LogP contribution in [0.5, 0.6) is 0 Å². The molecule has 0 fully saturated rings. The first-order valence-corrected chi connectivity index (χ1v) is 5.40. The Morgan fingerprint density at radius 1 is 1.35 bits per heavy atom. The molecule has 0 unspecified atom stereocenters. The Morgan fingerprint density at radius 3 is 2.71 bits per heavy atom. The van der Waals surface area contributed by atoms with Crippen molar-refractivity contribution in [1.29, 1.82) is 0 Å². The molecule has 0 aliphatic heterocycles. The fourth-order valence-electron chi connectivity index (χ4n) is 1.49. The van der Waals surface area contributed by atoms with E-state index in [0.29, 0.717) is 17.0 Å². The molecule has 0 bridgehead atoms. The Balaban J connectivity index is 2.69. The smallest absolute Gasteiger partial charge is 0.274 e. The van der Waals surface area contributed by atoms with Crippen LogP contribution in [0.2, 0.25) is 5.02 Å². The van der Waals surface area contributed by atoms with Crippen LogP contribution < -0.4 is 5.56 Å². The van der Waals surface area contributed by atoms with Crippen LogP contribution in [0.15, 0.2) is 23.0 Å². The van der Waals surface area contributed by atoms with Crippen molar-refractivity contribution < 1.29 is 4.39 Å². The molecule has 17 heavy (non-hydrogen) atoms. The van der Waals surface area contributed by atoms with Crippen LogP contribution in [0, 0.1) is 19.7 Å². The van der Waals surface area contributed by atoms with E-state index in [0.717, 1.165) is 6.07 Å². The first-order valence-electron chi connectivity index (χ1n) is 5.02. The number of benzene rings is 1. The number of hydrogen-bond donors (Lipinski definition) is 1. The quantitative estimate of drug-likeness (QED) is 0.848. The molecule has 0 saturated carbocycles. The summed E-state index contributed by atoms with van der Waals surface area (Å²) in [5.41, 5.74) is 1.72. The molecule has 0 amide bonds. The van der Waals surface area contributed by atoms with Crippen molar-refractivity contribution in [3.63, 3.8) is 0 Å². The summed E-state index contributed by atoms with van der Waals surface area (Å²) in [6, 6.07) is 3.86. The molecule has 1 heterocycles. The minimum absolute atomic E-state index is 0.172. The van der Waals surface area contributed by atoms with Gasteiger partial charge in [-0.3, -0.25) is 4.79 Å². The van der Waals surface area contributed by atoms with Crippen LogP contribution >= 0.6 is 11.6 Å². The predicted octanol–water partition coefficient (Wildman–Crippen LogP) is 2.85. The SMILES string of the molecule is Cc1nc(-c2ccc(F)cc2Cl)c(=O)[nH]c1C. The lowest BCUT2D eigenvalue weighted by atomic mass is 10.1. The molecule has 88 valence electrons. The van der Waals surface area contributed by atoms with Crippen molar-refractivity contribution in [3.8, 4) is 11.3 Å². The van der Waals surface area contributed by atoms with Gasteiger partial charge in [0.1, 0.15) is 11.5 Å². The van der Waals surface area contributed by atoms with Gasteiger partial charge in [-0.1, -0.05) is 11.6 Å². The summed E-state index contributed by atoms with van der Waals surface area (Å²) in [4.78, 5) is 18.6. The van der Waals surface area contributed by atoms with E-state index in [1.165, 1.54) is 12.1 Å². The highest BCUT2D eigenvalue weighted by Crippen LogP contribution is 2.25. The summed E-state index contributed by atoms with van der Waals surface area (Å²) in [5.74, 6) is -0.445. The molecular formula is C12H10ClFN2O. The van der Waals surface area contributed by atoms with Crippen LogP contribution in [0.25, 0.3) is 11.3 Å². The van der Waals surface area contributed by atoms with Crippen molar-refractivity contribution in [3.05, 3.63) is 50.8 Å². The average molecular weight is 253 g/mol. The zero-order valence-corrected chi connectivity index (χ0v) is 10.1. The third kappa shape index (κ3) is 2.22. The third-order valence-corrected chi connectivity index (χ3v) is 2.84. The van der Waals surface area contributed by atoms with Gasteiger partial charge in [-0.2, -0.15) is 0 Å². The topological polar surface area (TPSA) is 45.8 Å². The first-order chi connectivity index (χ1) is 7.99. The maximum atomic E-state index is 12.9. The summed E-state index contributed by atoms with van der Waals surface area (Å²) < 4.78 is 12.9. The second-order valence-electron chi connectivity index (χ2n) is 3.75. The molecule has 1 aromatic heterocycles. The normalized spacial score (nSPS) is 10.6. The van der Waals surface area contributed by atoms with Crippen LogP contribution in [0.4, 0.5) is 4.39 Å². The van der Waals surface area contributed by atoms with Gasteiger partial charge < -0.3 is 4.98 Å². The molecule has 0 atom stereocenters. The molecule has 0 spiro atoms. The van der Waals surface area contributed by atoms with E-state index in [2.05, 4.69) is 9.97 Å². The Hall–Kier alpha value is -1.68. The average Bonchev–Trinajstić information content (AvgIpc) is 2.24. The summed E-state index contributed by atoms with van der Waals surface area (Å²) in [6.45, 7) is 3.55. The van der Waals surface area contributed by atoms with Crippen LogP contribution in [0.1, 0.15) is 11.4 Å². The zero-order chi connectivity index (χ0) is 12.6. The summed E-state index contributed by atoms with van der Waals surface area (Å²) >= 11 is 5.90. The van der Waals surface area contributed by atoms with Gasteiger partial charge in [0.05, 0.1) is 10.7 Å². The second kappa shape index (κ2) is 4.30. The lowest BCUT2D eigenvalue weighted by molar-refractivity contribution is 0.628. The number of aromatic nitrogens is 2. The Labute approximate surface area is 102 Å². The molecule has 0 aliphatic carbocycles. The van der Waals surface area contributed by atoms with Gasteiger partial charge >= 0.3 is 0 Å². The molecule has 5 heteroatoms. The minimum atomic E-state index is -0.445. The molecule has 1 aromatic carbocycles. The molecular weight excluding hydrogens is 243 g/mol. The molecule has 1 N–H and O–H groups in total. The number of rotatable bonds is 1.